The van der Waals surface area contributed by atoms with Crippen molar-refractivity contribution in [2.24, 2.45) is 0 Å². The quantitative estimate of drug-likeness (QED) is 0.214. The summed E-state index contributed by atoms with van der Waals surface area (Å²) >= 11 is 0. The lowest BCUT2D eigenvalue weighted by molar-refractivity contribution is 1.10. The number of nitrogens with zero attached hydrogens (tertiary/aromatic N) is 5. The van der Waals surface area contributed by atoms with Crippen LogP contribution in [0.2, 0.25) is 0 Å². The van der Waals surface area contributed by atoms with Crippen molar-refractivity contribution in [2.75, 3.05) is 0 Å². The zero-order chi connectivity index (χ0) is 29.0. The van der Waals surface area contributed by atoms with Gasteiger partial charge in [0.05, 0.1) is 33.6 Å². The Morgan fingerprint density at radius 2 is 0.977 bits per heavy atom. The van der Waals surface area contributed by atoms with Gasteiger partial charge in [0.1, 0.15) is 11.3 Å². The molecule has 0 unspecified atom stereocenters. The zero-order valence-electron chi connectivity index (χ0n) is 23.7. The normalized spacial score (nSPS) is 11.6. The van der Waals surface area contributed by atoms with E-state index in [1.165, 1.54) is 0 Å². The molecule has 0 amide bonds. The molecule has 206 valence electrons. The van der Waals surface area contributed by atoms with Gasteiger partial charge in [0.2, 0.25) is 0 Å². The molecule has 0 bridgehead atoms. The van der Waals surface area contributed by atoms with Crippen molar-refractivity contribution in [1.29, 1.82) is 0 Å². The lowest BCUT2D eigenvalue weighted by Gasteiger charge is -2.13. The molecule has 4 aromatic carbocycles. The van der Waals surface area contributed by atoms with Gasteiger partial charge < -0.3 is 0 Å². The topological polar surface area (TPSA) is 48.5 Å². The Balaban J connectivity index is 1.41. The maximum absolute atomic E-state index is 5.48. The molecule has 5 aromatic heterocycles. The van der Waals surface area contributed by atoms with Gasteiger partial charge in [0.15, 0.2) is 0 Å². The van der Waals surface area contributed by atoms with Gasteiger partial charge in [-0.15, -0.1) is 0 Å². The van der Waals surface area contributed by atoms with E-state index in [1.807, 2.05) is 30.5 Å². The zero-order valence-corrected chi connectivity index (χ0v) is 23.7. The Morgan fingerprint density at radius 3 is 1.68 bits per heavy atom. The maximum Gasteiger partial charge on any atom is 0.149 e. The van der Waals surface area contributed by atoms with Gasteiger partial charge in [0.25, 0.3) is 0 Å². The highest BCUT2D eigenvalue weighted by Crippen LogP contribution is 2.38. The number of fused-ring (bicyclic) bond motifs is 6. The monoisotopic (exact) mass is 563 g/mol. The van der Waals surface area contributed by atoms with Crippen LogP contribution >= 0.6 is 0 Å². The SMILES string of the molecule is c1ccc(-c2cc(-n3c4ccccc4c4cc5c6ncccc6n(-c6ccccc6)c5nc43)cc(-c3ccccc3)n2)cc1. The minimum atomic E-state index is 0.877. The standard InChI is InChI=1S/C39H25N5/c1-4-13-26(14-5-1)33-23-29(24-34(41-33)27-15-6-2-7-16-27)44-35-20-11-10-19-30(35)31-25-32-37-36(21-12-22-40-37)43(39(32)42-38(31)44)28-17-8-3-9-18-28/h1-25H. The van der Waals surface area contributed by atoms with Crippen LogP contribution in [0.1, 0.15) is 0 Å². The molecular formula is C39H25N5. The van der Waals surface area contributed by atoms with Crippen LogP contribution in [-0.2, 0) is 0 Å². The Kier molecular flexibility index (Phi) is 5.43. The Bertz CT molecular complexity index is 2420. The molecule has 5 nitrogen and oxygen atoms in total. The lowest BCUT2D eigenvalue weighted by Crippen LogP contribution is -2.00. The first-order chi connectivity index (χ1) is 21.8. The first kappa shape index (κ1) is 24.5. The molecule has 0 radical (unpaired) electrons. The van der Waals surface area contributed by atoms with Crippen LogP contribution in [0.25, 0.3) is 77.9 Å². The van der Waals surface area contributed by atoms with Gasteiger partial charge in [0, 0.05) is 39.2 Å². The van der Waals surface area contributed by atoms with Crippen molar-refractivity contribution in [2.45, 2.75) is 0 Å². The number of hydrogen-bond acceptors (Lipinski definition) is 3. The average molecular weight is 564 g/mol. The summed E-state index contributed by atoms with van der Waals surface area (Å²) in [5.74, 6) is 0. The Morgan fingerprint density at radius 1 is 0.409 bits per heavy atom. The molecule has 0 atom stereocenters. The van der Waals surface area contributed by atoms with Crippen molar-refractivity contribution in [3.05, 3.63) is 152 Å². The van der Waals surface area contributed by atoms with Crippen molar-refractivity contribution in [3.63, 3.8) is 0 Å². The number of para-hydroxylation sites is 2. The smallest absolute Gasteiger partial charge is 0.149 e. The first-order valence-corrected chi connectivity index (χ1v) is 14.7. The summed E-state index contributed by atoms with van der Waals surface area (Å²) in [5.41, 5.74) is 10.9. The summed E-state index contributed by atoms with van der Waals surface area (Å²) in [7, 11) is 0. The summed E-state index contributed by atoms with van der Waals surface area (Å²) in [5, 5.41) is 3.27. The van der Waals surface area contributed by atoms with Crippen molar-refractivity contribution in [3.8, 4) is 33.9 Å². The largest absolute Gasteiger partial charge is 0.294 e. The third-order valence-corrected chi connectivity index (χ3v) is 8.35. The van der Waals surface area contributed by atoms with E-state index in [-0.39, 0.29) is 0 Å². The van der Waals surface area contributed by atoms with E-state index >= 15 is 0 Å². The minimum Gasteiger partial charge on any atom is -0.294 e. The van der Waals surface area contributed by atoms with E-state index in [2.05, 4.69) is 130 Å². The van der Waals surface area contributed by atoms with Gasteiger partial charge in [-0.3, -0.25) is 14.1 Å². The Hall–Kier alpha value is -6.07. The van der Waals surface area contributed by atoms with Gasteiger partial charge in [-0.05, 0) is 48.5 Å². The van der Waals surface area contributed by atoms with Gasteiger partial charge in [-0.2, -0.15) is 0 Å². The van der Waals surface area contributed by atoms with E-state index in [4.69, 9.17) is 15.0 Å². The van der Waals surface area contributed by atoms with Gasteiger partial charge >= 0.3 is 0 Å². The second-order valence-corrected chi connectivity index (χ2v) is 11.0. The number of pyridine rings is 3. The van der Waals surface area contributed by atoms with E-state index < -0.39 is 0 Å². The van der Waals surface area contributed by atoms with E-state index in [1.54, 1.807) is 0 Å². The lowest BCUT2D eigenvalue weighted by atomic mass is 10.1. The molecule has 0 N–H and O–H groups in total. The summed E-state index contributed by atoms with van der Waals surface area (Å²) < 4.78 is 4.50. The van der Waals surface area contributed by atoms with E-state index in [0.29, 0.717) is 0 Å². The molecule has 9 rings (SSSR count). The second-order valence-electron chi connectivity index (χ2n) is 11.0. The van der Waals surface area contributed by atoms with Crippen molar-refractivity contribution < 1.29 is 0 Å². The van der Waals surface area contributed by atoms with E-state index in [9.17, 15) is 0 Å². The molecule has 0 fully saturated rings. The summed E-state index contributed by atoms with van der Waals surface area (Å²) in [6.07, 6.45) is 1.86. The van der Waals surface area contributed by atoms with Crippen LogP contribution in [0.5, 0.6) is 0 Å². The highest BCUT2D eigenvalue weighted by Gasteiger charge is 2.21. The second kappa shape index (κ2) is 9.75. The predicted octanol–water partition coefficient (Wildman–Crippen LogP) is 9.40. The Labute approximate surface area is 253 Å². The molecule has 0 aliphatic carbocycles. The maximum atomic E-state index is 5.48. The molecule has 0 saturated heterocycles. The summed E-state index contributed by atoms with van der Waals surface area (Å²) in [6.45, 7) is 0. The van der Waals surface area contributed by atoms with Crippen LogP contribution in [0.3, 0.4) is 0 Å². The molecule has 0 aliphatic heterocycles. The fourth-order valence-corrected chi connectivity index (χ4v) is 6.38. The third kappa shape index (κ3) is 3.76. The number of benzene rings is 4. The summed E-state index contributed by atoms with van der Waals surface area (Å²) in [4.78, 5) is 15.4. The highest BCUT2D eigenvalue weighted by atomic mass is 15.1. The first-order valence-electron chi connectivity index (χ1n) is 14.7. The molecule has 0 aliphatic rings. The van der Waals surface area contributed by atoms with Gasteiger partial charge in [-0.25, -0.2) is 9.97 Å². The van der Waals surface area contributed by atoms with Crippen LogP contribution in [0.4, 0.5) is 0 Å². The number of rotatable bonds is 4. The molecular weight excluding hydrogens is 538 g/mol. The highest BCUT2D eigenvalue weighted by molar-refractivity contribution is 6.15. The fourth-order valence-electron chi connectivity index (χ4n) is 6.38. The van der Waals surface area contributed by atoms with Crippen LogP contribution in [-0.4, -0.2) is 24.1 Å². The molecule has 5 heteroatoms. The molecule has 0 spiro atoms. The van der Waals surface area contributed by atoms with Gasteiger partial charge in [-0.1, -0.05) is 97.1 Å². The van der Waals surface area contributed by atoms with Crippen LogP contribution in [0, 0.1) is 0 Å². The third-order valence-electron chi connectivity index (χ3n) is 8.35. The molecule has 44 heavy (non-hydrogen) atoms. The number of hydrogen-bond donors (Lipinski definition) is 0. The van der Waals surface area contributed by atoms with Crippen molar-refractivity contribution in [1.82, 2.24) is 24.1 Å². The molecule has 5 heterocycles. The van der Waals surface area contributed by atoms with Crippen LogP contribution in [0.15, 0.2) is 152 Å². The summed E-state index contributed by atoms with van der Waals surface area (Å²) in [6, 6.07) is 50.4. The fraction of sp³-hybridized carbons (Fsp3) is 0. The van der Waals surface area contributed by atoms with E-state index in [0.717, 1.165) is 77.9 Å². The predicted molar refractivity (Wildman–Crippen MR) is 179 cm³/mol. The minimum absolute atomic E-state index is 0.877. The van der Waals surface area contributed by atoms with Crippen molar-refractivity contribution >= 4 is 44.0 Å². The van der Waals surface area contributed by atoms with Crippen LogP contribution < -0.4 is 0 Å². The number of aromatic nitrogens is 5. The molecule has 9 aromatic rings. The average Bonchev–Trinajstić information content (AvgIpc) is 3.60. The molecule has 0 saturated carbocycles.